The number of rotatable bonds is 2. The van der Waals surface area contributed by atoms with Crippen LogP contribution in [0.3, 0.4) is 0 Å². The highest BCUT2D eigenvalue weighted by Crippen LogP contribution is 2.16. The summed E-state index contributed by atoms with van der Waals surface area (Å²) < 4.78 is 0.713. The summed E-state index contributed by atoms with van der Waals surface area (Å²) in [6, 6.07) is 7.31. The minimum absolute atomic E-state index is 0.0601. The van der Waals surface area contributed by atoms with E-state index in [1.54, 1.807) is 24.4 Å². The largest absolute Gasteiger partial charge is 0.303 e. The lowest BCUT2D eigenvalue weighted by atomic mass is 10.2. The van der Waals surface area contributed by atoms with Crippen LogP contribution in [-0.2, 0) is 4.79 Å². The number of carbonyl (C=O) groups is 1. The summed E-state index contributed by atoms with van der Waals surface area (Å²) in [5.74, 6) is 0.326. The predicted octanol–water partition coefficient (Wildman–Crippen LogP) is 1.87. The molecule has 2 rings (SSSR count). The van der Waals surface area contributed by atoms with Gasteiger partial charge in [0.25, 0.3) is 0 Å². The van der Waals surface area contributed by atoms with Crippen molar-refractivity contribution >= 4 is 45.0 Å². The van der Waals surface area contributed by atoms with Gasteiger partial charge in [0.1, 0.15) is 6.07 Å². The van der Waals surface area contributed by atoms with Gasteiger partial charge in [0, 0.05) is 4.47 Å². The van der Waals surface area contributed by atoms with Crippen LogP contribution in [0.4, 0.5) is 0 Å². The molecule has 0 unspecified atom stereocenters. The fourth-order valence-electron chi connectivity index (χ4n) is 1.23. The number of nitrogens with one attached hydrogen (secondary N) is 1. The first-order valence-corrected chi connectivity index (χ1v) is 6.70. The minimum atomic E-state index is -0.0601. The zero-order chi connectivity index (χ0) is 13.0. The van der Waals surface area contributed by atoms with Gasteiger partial charge in [0.15, 0.2) is 5.17 Å². The van der Waals surface area contributed by atoms with Crippen LogP contribution in [-0.4, -0.2) is 23.0 Å². The zero-order valence-corrected chi connectivity index (χ0v) is 11.5. The van der Waals surface area contributed by atoms with E-state index in [0.717, 1.165) is 5.56 Å². The molecule has 7 heteroatoms. The van der Waals surface area contributed by atoms with Gasteiger partial charge in [-0.25, -0.2) is 0 Å². The van der Waals surface area contributed by atoms with Gasteiger partial charge in [-0.2, -0.15) is 10.4 Å². The number of carbonyl (C=O) groups excluding carboxylic acids is 1. The first-order chi connectivity index (χ1) is 8.69. The third-order valence-electron chi connectivity index (χ3n) is 2.06. The number of nitrogens with zero attached hydrogens (tertiary/aromatic N) is 3. The quantitative estimate of drug-likeness (QED) is 0.667. The summed E-state index contributed by atoms with van der Waals surface area (Å²) in [5.41, 5.74) is 1.39. The van der Waals surface area contributed by atoms with E-state index in [0.29, 0.717) is 21.0 Å². The van der Waals surface area contributed by atoms with Gasteiger partial charge in [0.05, 0.1) is 17.5 Å². The lowest BCUT2D eigenvalue weighted by Gasteiger charge is -1.96. The Morgan fingerprint density at radius 2 is 2.39 bits per heavy atom. The average Bonchev–Trinajstić information content (AvgIpc) is 2.75. The molecular formula is C11H7BrN4OS. The summed E-state index contributed by atoms with van der Waals surface area (Å²) in [4.78, 5) is 10.9. The van der Waals surface area contributed by atoms with E-state index in [4.69, 9.17) is 5.26 Å². The number of hydrogen-bond donors (Lipinski definition) is 1. The van der Waals surface area contributed by atoms with Crippen molar-refractivity contribution in [2.45, 2.75) is 0 Å². The number of halogens is 1. The molecule has 0 spiro atoms. The van der Waals surface area contributed by atoms with E-state index < -0.39 is 0 Å². The monoisotopic (exact) mass is 322 g/mol. The molecule has 1 amide bonds. The Balaban J connectivity index is 2.08. The maximum Gasteiger partial charge on any atom is 0.236 e. The molecule has 1 N–H and O–H groups in total. The van der Waals surface area contributed by atoms with E-state index in [2.05, 4.69) is 37.5 Å². The molecule has 0 aromatic heterocycles. The topological polar surface area (TPSA) is 77.6 Å². The first kappa shape index (κ1) is 12.8. The highest BCUT2D eigenvalue weighted by atomic mass is 79.9. The predicted molar refractivity (Wildman–Crippen MR) is 74.5 cm³/mol. The second kappa shape index (κ2) is 5.80. The fraction of sp³-hybridized carbons (Fsp3) is 0.0909. The summed E-state index contributed by atoms with van der Waals surface area (Å²) in [6.07, 6.45) is 1.56. The highest BCUT2D eigenvalue weighted by Gasteiger charge is 2.15. The van der Waals surface area contributed by atoms with Crippen LogP contribution in [0.2, 0.25) is 0 Å². The van der Waals surface area contributed by atoms with Crippen LogP contribution in [0.5, 0.6) is 0 Å². The van der Waals surface area contributed by atoms with Gasteiger partial charge in [-0.3, -0.25) is 4.79 Å². The van der Waals surface area contributed by atoms with Crippen LogP contribution in [0, 0.1) is 11.3 Å². The van der Waals surface area contributed by atoms with E-state index in [9.17, 15) is 4.79 Å². The molecule has 1 aliphatic heterocycles. The van der Waals surface area contributed by atoms with Gasteiger partial charge >= 0.3 is 0 Å². The average molecular weight is 323 g/mol. The molecule has 1 aliphatic rings. The van der Waals surface area contributed by atoms with Crippen molar-refractivity contribution in [2.75, 3.05) is 5.75 Å². The van der Waals surface area contributed by atoms with Crippen LogP contribution in [0.15, 0.2) is 32.9 Å². The smallest absolute Gasteiger partial charge is 0.236 e. The van der Waals surface area contributed by atoms with E-state index in [1.165, 1.54) is 11.8 Å². The number of benzene rings is 1. The second-order valence-corrected chi connectivity index (χ2v) is 5.16. The molecule has 1 saturated heterocycles. The molecule has 90 valence electrons. The molecule has 0 radical (unpaired) electrons. The summed E-state index contributed by atoms with van der Waals surface area (Å²) >= 11 is 4.61. The first-order valence-electron chi connectivity index (χ1n) is 4.92. The highest BCUT2D eigenvalue weighted by molar-refractivity contribution is 9.10. The van der Waals surface area contributed by atoms with Crippen molar-refractivity contribution in [3.63, 3.8) is 0 Å². The fourth-order valence-corrected chi connectivity index (χ4v) is 2.35. The molecule has 1 aromatic rings. The van der Waals surface area contributed by atoms with Crippen LogP contribution < -0.4 is 5.32 Å². The molecule has 1 heterocycles. The lowest BCUT2D eigenvalue weighted by Crippen LogP contribution is -2.19. The minimum Gasteiger partial charge on any atom is -0.303 e. The normalized spacial score (nSPS) is 17.1. The molecule has 0 bridgehead atoms. The Hall–Kier alpha value is -1.65. The molecular weight excluding hydrogens is 316 g/mol. The van der Waals surface area contributed by atoms with E-state index in [-0.39, 0.29) is 5.91 Å². The van der Waals surface area contributed by atoms with Gasteiger partial charge in [0.2, 0.25) is 5.91 Å². The molecule has 1 aromatic carbocycles. The zero-order valence-electron chi connectivity index (χ0n) is 9.05. The number of thioether (sulfide) groups is 1. The molecule has 1 fully saturated rings. The van der Waals surface area contributed by atoms with Gasteiger partial charge in [-0.15, -0.1) is 5.10 Å². The summed E-state index contributed by atoms with van der Waals surface area (Å²) in [6.45, 7) is 0. The Morgan fingerprint density at radius 1 is 1.56 bits per heavy atom. The summed E-state index contributed by atoms with van der Waals surface area (Å²) in [5, 5.41) is 19.6. The molecule has 0 atom stereocenters. The third-order valence-corrected chi connectivity index (χ3v) is 3.58. The Bertz CT molecular complexity index is 591. The standard InChI is InChI=1S/C11H7BrN4OS/c12-9-3-7(1-2-8(9)4-13)5-14-16-11-15-10(17)6-18-11/h1-3,5H,6H2,(H,15,16,17). The van der Waals surface area contributed by atoms with Crippen LogP contribution >= 0.6 is 27.7 Å². The van der Waals surface area contributed by atoms with Crippen molar-refractivity contribution in [3.05, 3.63) is 33.8 Å². The van der Waals surface area contributed by atoms with Crippen molar-refractivity contribution in [2.24, 2.45) is 10.2 Å². The Labute approximate surface area is 116 Å². The summed E-state index contributed by atoms with van der Waals surface area (Å²) in [7, 11) is 0. The molecule has 0 aliphatic carbocycles. The number of nitriles is 1. The van der Waals surface area contributed by atoms with Crippen molar-refractivity contribution in [1.29, 1.82) is 5.26 Å². The Kier molecular flexibility index (Phi) is 4.12. The second-order valence-electron chi connectivity index (χ2n) is 3.34. The van der Waals surface area contributed by atoms with E-state index in [1.807, 2.05) is 0 Å². The van der Waals surface area contributed by atoms with Crippen molar-refractivity contribution in [1.82, 2.24) is 5.32 Å². The van der Waals surface area contributed by atoms with Gasteiger partial charge < -0.3 is 5.32 Å². The van der Waals surface area contributed by atoms with Crippen LogP contribution in [0.25, 0.3) is 0 Å². The van der Waals surface area contributed by atoms with Gasteiger partial charge in [-0.05, 0) is 33.6 Å². The Morgan fingerprint density at radius 3 is 3.00 bits per heavy atom. The maximum atomic E-state index is 10.9. The molecule has 0 saturated carbocycles. The number of hydrogen-bond acceptors (Lipinski definition) is 5. The third kappa shape index (κ3) is 3.18. The van der Waals surface area contributed by atoms with Crippen molar-refractivity contribution in [3.8, 4) is 6.07 Å². The van der Waals surface area contributed by atoms with Crippen LogP contribution in [0.1, 0.15) is 11.1 Å². The molecule has 18 heavy (non-hydrogen) atoms. The molecule has 5 nitrogen and oxygen atoms in total. The lowest BCUT2D eigenvalue weighted by molar-refractivity contribution is -0.116. The maximum absolute atomic E-state index is 10.9. The van der Waals surface area contributed by atoms with Gasteiger partial charge in [-0.1, -0.05) is 17.8 Å². The SMILES string of the molecule is N#Cc1ccc(C=NN=C2NC(=O)CS2)cc1Br. The van der Waals surface area contributed by atoms with E-state index >= 15 is 0 Å². The van der Waals surface area contributed by atoms with Crippen molar-refractivity contribution < 1.29 is 4.79 Å². The number of amides is 1. The number of amidine groups is 1.